The van der Waals surface area contributed by atoms with Crippen LogP contribution in [0.3, 0.4) is 0 Å². The number of benzene rings is 1. The minimum absolute atomic E-state index is 0.0262. The summed E-state index contributed by atoms with van der Waals surface area (Å²) >= 11 is 0. The third-order valence-corrected chi connectivity index (χ3v) is 7.56. The molecule has 1 aliphatic carbocycles. The van der Waals surface area contributed by atoms with Crippen LogP contribution in [0, 0.1) is 11.3 Å². The molecule has 1 aromatic carbocycles. The summed E-state index contributed by atoms with van der Waals surface area (Å²) in [5.74, 6) is 0.102. The normalized spacial score (nSPS) is 18.3. The standard InChI is InChI=1S/C28H32N6O2/c1-17(18-4-6-22(7-5-18)30-27(35)19-8-10-36-11-9-19)34-16-21-12-20(15-29-26(21)33-34)25-23-13-28(2,3)14-24(23)31-32-25/h4-7,12,15-17,19H,8-11,13-14H2,1-3H3,(H,30,35)(H,31,32). The number of aromatic nitrogens is 5. The number of fused-ring (bicyclic) bond motifs is 2. The number of ether oxygens (including phenoxy) is 1. The lowest BCUT2D eigenvalue weighted by atomic mass is 9.90. The van der Waals surface area contributed by atoms with Gasteiger partial charge in [0.05, 0.1) is 11.7 Å². The summed E-state index contributed by atoms with van der Waals surface area (Å²) in [6, 6.07) is 10.2. The largest absolute Gasteiger partial charge is 0.381 e. The highest BCUT2D eigenvalue weighted by molar-refractivity contribution is 5.92. The summed E-state index contributed by atoms with van der Waals surface area (Å²) < 4.78 is 7.31. The first-order valence-corrected chi connectivity index (χ1v) is 12.8. The van der Waals surface area contributed by atoms with Crippen molar-refractivity contribution in [1.82, 2.24) is 25.0 Å². The first-order chi connectivity index (χ1) is 17.4. The molecular formula is C28H32N6O2. The number of anilines is 1. The number of carbonyl (C=O) groups excluding carboxylic acids is 1. The fourth-order valence-corrected chi connectivity index (χ4v) is 5.46. The van der Waals surface area contributed by atoms with Gasteiger partial charge in [0.1, 0.15) is 0 Å². The van der Waals surface area contributed by atoms with Crippen molar-refractivity contribution >= 4 is 22.6 Å². The van der Waals surface area contributed by atoms with Crippen LogP contribution in [-0.2, 0) is 22.4 Å². The van der Waals surface area contributed by atoms with Gasteiger partial charge >= 0.3 is 0 Å². The second kappa shape index (κ2) is 8.85. The van der Waals surface area contributed by atoms with Crippen LogP contribution >= 0.6 is 0 Å². The highest BCUT2D eigenvalue weighted by Crippen LogP contribution is 2.40. The number of hydrogen-bond acceptors (Lipinski definition) is 5. The fraction of sp³-hybridized carbons (Fsp3) is 0.429. The SMILES string of the molecule is CC(c1ccc(NC(=O)C2CCOCC2)cc1)n1cc2cc(-c3n[nH]c4c3CC(C)(C)C4)cnc2n1. The number of aromatic amines is 1. The van der Waals surface area contributed by atoms with Gasteiger partial charge in [-0.1, -0.05) is 26.0 Å². The zero-order valence-electron chi connectivity index (χ0n) is 21.0. The predicted molar refractivity (Wildman–Crippen MR) is 139 cm³/mol. The van der Waals surface area contributed by atoms with E-state index >= 15 is 0 Å². The predicted octanol–water partition coefficient (Wildman–Crippen LogP) is 4.92. The highest BCUT2D eigenvalue weighted by atomic mass is 16.5. The van der Waals surface area contributed by atoms with Crippen molar-refractivity contribution < 1.29 is 9.53 Å². The van der Waals surface area contributed by atoms with Crippen LogP contribution < -0.4 is 5.32 Å². The van der Waals surface area contributed by atoms with Crippen molar-refractivity contribution in [3.05, 3.63) is 59.5 Å². The highest BCUT2D eigenvalue weighted by Gasteiger charge is 2.33. The Morgan fingerprint density at radius 2 is 1.97 bits per heavy atom. The molecule has 1 aliphatic heterocycles. The molecule has 2 N–H and O–H groups in total. The van der Waals surface area contributed by atoms with E-state index in [1.807, 2.05) is 41.3 Å². The molecule has 0 radical (unpaired) electrons. The molecule has 4 aromatic rings. The quantitative estimate of drug-likeness (QED) is 0.419. The molecule has 1 unspecified atom stereocenters. The van der Waals surface area contributed by atoms with Crippen molar-refractivity contribution in [3.63, 3.8) is 0 Å². The Balaban J connectivity index is 1.19. The summed E-state index contributed by atoms with van der Waals surface area (Å²) in [6.45, 7) is 8.02. The van der Waals surface area contributed by atoms with Crippen molar-refractivity contribution in [1.29, 1.82) is 0 Å². The van der Waals surface area contributed by atoms with E-state index in [1.165, 1.54) is 11.3 Å². The van der Waals surface area contributed by atoms with E-state index in [4.69, 9.17) is 9.84 Å². The third-order valence-electron chi connectivity index (χ3n) is 7.56. The van der Waals surface area contributed by atoms with Gasteiger partial charge in [-0.25, -0.2) is 4.98 Å². The molecule has 2 aliphatic rings. The lowest BCUT2D eigenvalue weighted by molar-refractivity contribution is -0.122. The number of nitrogens with zero attached hydrogens (tertiary/aromatic N) is 4. The van der Waals surface area contributed by atoms with Crippen LogP contribution in [0.1, 0.15) is 56.5 Å². The van der Waals surface area contributed by atoms with Gasteiger partial charge in [-0.2, -0.15) is 10.2 Å². The molecule has 0 bridgehead atoms. The van der Waals surface area contributed by atoms with Gasteiger partial charge in [0, 0.05) is 59.4 Å². The number of nitrogens with one attached hydrogen (secondary N) is 2. The van der Waals surface area contributed by atoms with Crippen LogP contribution in [-0.4, -0.2) is 44.1 Å². The summed E-state index contributed by atoms with van der Waals surface area (Å²) in [5, 5.41) is 16.6. The molecule has 0 saturated carbocycles. The second-order valence-electron chi connectivity index (χ2n) is 11.0. The maximum absolute atomic E-state index is 12.5. The van der Waals surface area contributed by atoms with E-state index in [9.17, 15) is 4.79 Å². The molecular weight excluding hydrogens is 452 g/mol. The molecule has 1 amide bonds. The number of H-pyrrole nitrogens is 1. The van der Waals surface area contributed by atoms with Gasteiger partial charge in [-0.15, -0.1) is 0 Å². The lowest BCUT2D eigenvalue weighted by Gasteiger charge is -2.21. The van der Waals surface area contributed by atoms with Gasteiger partial charge in [0.2, 0.25) is 5.91 Å². The summed E-state index contributed by atoms with van der Waals surface area (Å²) in [5.41, 5.74) is 7.49. The van der Waals surface area contributed by atoms with Crippen molar-refractivity contribution in [2.75, 3.05) is 18.5 Å². The molecule has 36 heavy (non-hydrogen) atoms. The van der Waals surface area contributed by atoms with E-state index in [1.54, 1.807) is 0 Å². The van der Waals surface area contributed by atoms with Crippen molar-refractivity contribution in [2.45, 2.75) is 52.5 Å². The van der Waals surface area contributed by atoms with E-state index in [-0.39, 0.29) is 23.3 Å². The second-order valence-corrected chi connectivity index (χ2v) is 11.0. The smallest absolute Gasteiger partial charge is 0.227 e. The monoisotopic (exact) mass is 484 g/mol. The van der Waals surface area contributed by atoms with Gasteiger partial charge < -0.3 is 10.1 Å². The molecule has 0 spiro atoms. The third kappa shape index (κ3) is 4.30. The average Bonchev–Trinajstić information content (AvgIpc) is 3.55. The Bertz CT molecular complexity index is 1410. The molecule has 8 heteroatoms. The van der Waals surface area contributed by atoms with Gasteiger partial charge in [-0.05, 0) is 61.8 Å². The summed E-state index contributed by atoms with van der Waals surface area (Å²) in [6.07, 6.45) is 7.54. The van der Waals surface area contributed by atoms with Gasteiger partial charge in [0.25, 0.3) is 0 Å². The van der Waals surface area contributed by atoms with E-state index in [2.05, 4.69) is 47.3 Å². The minimum atomic E-state index is 0.0262. The number of carbonyl (C=O) groups is 1. The molecule has 186 valence electrons. The molecule has 1 saturated heterocycles. The van der Waals surface area contributed by atoms with Crippen LogP contribution in [0.5, 0.6) is 0 Å². The Hall–Kier alpha value is -3.52. The van der Waals surface area contributed by atoms with Crippen molar-refractivity contribution in [2.24, 2.45) is 11.3 Å². The van der Waals surface area contributed by atoms with E-state index in [0.29, 0.717) is 13.2 Å². The number of pyridine rings is 1. The zero-order valence-corrected chi connectivity index (χ0v) is 21.0. The van der Waals surface area contributed by atoms with Crippen LogP contribution in [0.2, 0.25) is 0 Å². The van der Waals surface area contributed by atoms with Gasteiger partial charge in [0.15, 0.2) is 5.65 Å². The Morgan fingerprint density at radius 3 is 2.75 bits per heavy atom. The Labute approximate surface area is 210 Å². The molecule has 6 rings (SSSR count). The number of hydrogen-bond donors (Lipinski definition) is 2. The lowest BCUT2D eigenvalue weighted by Crippen LogP contribution is -2.28. The van der Waals surface area contributed by atoms with E-state index in [0.717, 1.165) is 59.2 Å². The average molecular weight is 485 g/mol. The molecule has 1 atom stereocenters. The first-order valence-electron chi connectivity index (χ1n) is 12.8. The minimum Gasteiger partial charge on any atom is -0.381 e. The maximum Gasteiger partial charge on any atom is 0.227 e. The summed E-state index contributed by atoms with van der Waals surface area (Å²) in [4.78, 5) is 17.2. The number of rotatable bonds is 5. The summed E-state index contributed by atoms with van der Waals surface area (Å²) in [7, 11) is 0. The van der Waals surface area contributed by atoms with Crippen molar-refractivity contribution in [3.8, 4) is 11.3 Å². The van der Waals surface area contributed by atoms with Crippen LogP contribution in [0.25, 0.3) is 22.3 Å². The molecule has 3 aromatic heterocycles. The maximum atomic E-state index is 12.5. The topological polar surface area (TPSA) is 97.7 Å². The Kier molecular flexibility index (Phi) is 5.63. The number of amides is 1. The molecule has 1 fully saturated rings. The molecule has 8 nitrogen and oxygen atoms in total. The van der Waals surface area contributed by atoms with E-state index < -0.39 is 0 Å². The van der Waals surface area contributed by atoms with Gasteiger partial charge in [-0.3, -0.25) is 14.6 Å². The van der Waals surface area contributed by atoms with Crippen LogP contribution in [0.4, 0.5) is 5.69 Å². The zero-order chi connectivity index (χ0) is 24.9. The fourth-order valence-electron chi connectivity index (χ4n) is 5.46. The Morgan fingerprint density at radius 1 is 1.19 bits per heavy atom. The molecule has 4 heterocycles. The van der Waals surface area contributed by atoms with Crippen LogP contribution in [0.15, 0.2) is 42.7 Å². The first kappa shape index (κ1) is 22.9.